The van der Waals surface area contributed by atoms with E-state index >= 15 is 0 Å². The van der Waals surface area contributed by atoms with Gasteiger partial charge in [0.2, 0.25) is 10.0 Å². The molecule has 0 saturated carbocycles. The lowest BCUT2D eigenvalue weighted by atomic mass is 9.90. The maximum atomic E-state index is 12.3. The monoisotopic (exact) mass is 302 g/mol. The molecule has 8 heteroatoms. The van der Waals surface area contributed by atoms with Crippen LogP contribution in [0.1, 0.15) is 20.3 Å². The molecule has 0 aromatic carbocycles. The molecule has 0 aliphatic rings. The van der Waals surface area contributed by atoms with Crippen LogP contribution in [0.3, 0.4) is 0 Å². The number of aromatic nitrogens is 1. The molecule has 114 valence electrons. The predicted molar refractivity (Wildman–Crippen MR) is 77.5 cm³/mol. The summed E-state index contributed by atoms with van der Waals surface area (Å²) in [5, 5.41) is 0. The maximum Gasteiger partial charge on any atom is 0.244 e. The number of rotatable bonds is 8. The summed E-state index contributed by atoms with van der Waals surface area (Å²) in [6.07, 6.45) is 2.22. The third-order valence-electron chi connectivity index (χ3n) is 2.92. The number of ether oxygens (including phenoxy) is 1. The Morgan fingerprint density at radius 2 is 2.15 bits per heavy atom. The number of nitrogens with one attached hydrogen (secondary N) is 2. The number of nitrogens with zero attached hydrogens (tertiary/aromatic N) is 1. The molecule has 20 heavy (non-hydrogen) atoms. The molecule has 0 saturated heterocycles. The van der Waals surface area contributed by atoms with Crippen molar-refractivity contribution in [1.29, 1.82) is 0 Å². The van der Waals surface area contributed by atoms with E-state index in [1.54, 1.807) is 13.2 Å². The summed E-state index contributed by atoms with van der Waals surface area (Å²) in [5.41, 5.74) is 2.08. The normalized spacial score (nSPS) is 12.4. The minimum absolute atomic E-state index is 0.0324. The zero-order valence-electron chi connectivity index (χ0n) is 12.0. The standard InChI is InChI=1S/C12H22N4O3S/c1-12(2,6-8-19-3)9-15-20(17,18)10-5-4-7-14-11(10)16-13/h4-5,7,15H,6,8-9,13H2,1-3H3,(H,14,16). The van der Waals surface area contributed by atoms with E-state index in [1.807, 2.05) is 13.8 Å². The molecule has 0 aliphatic heterocycles. The summed E-state index contributed by atoms with van der Waals surface area (Å²) in [6.45, 7) is 4.83. The van der Waals surface area contributed by atoms with Crippen LogP contribution in [-0.2, 0) is 14.8 Å². The maximum absolute atomic E-state index is 12.3. The van der Waals surface area contributed by atoms with Crippen LogP contribution in [-0.4, -0.2) is 33.7 Å². The van der Waals surface area contributed by atoms with Crippen LogP contribution in [0.4, 0.5) is 5.82 Å². The summed E-state index contributed by atoms with van der Waals surface area (Å²) >= 11 is 0. The van der Waals surface area contributed by atoms with E-state index in [1.165, 1.54) is 12.3 Å². The highest BCUT2D eigenvalue weighted by Gasteiger charge is 2.24. The summed E-state index contributed by atoms with van der Waals surface area (Å²) < 4.78 is 32.1. The lowest BCUT2D eigenvalue weighted by molar-refractivity contribution is 0.153. The molecule has 0 amide bonds. The van der Waals surface area contributed by atoms with Crippen molar-refractivity contribution in [2.75, 3.05) is 25.7 Å². The average Bonchev–Trinajstić information content (AvgIpc) is 2.43. The van der Waals surface area contributed by atoms with Crippen LogP contribution in [0, 0.1) is 5.41 Å². The van der Waals surface area contributed by atoms with Gasteiger partial charge in [-0.2, -0.15) is 0 Å². The number of sulfonamides is 1. The third kappa shape index (κ3) is 4.71. The van der Waals surface area contributed by atoms with E-state index < -0.39 is 10.0 Å². The minimum atomic E-state index is -3.66. The van der Waals surface area contributed by atoms with Crippen LogP contribution in [0.2, 0.25) is 0 Å². The van der Waals surface area contributed by atoms with Gasteiger partial charge in [-0.3, -0.25) is 0 Å². The fourth-order valence-corrected chi connectivity index (χ4v) is 2.91. The molecular formula is C12H22N4O3S. The second-order valence-electron chi connectivity index (χ2n) is 5.23. The van der Waals surface area contributed by atoms with Crippen LogP contribution in [0.25, 0.3) is 0 Å². The van der Waals surface area contributed by atoms with Crippen molar-refractivity contribution in [1.82, 2.24) is 9.71 Å². The van der Waals surface area contributed by atoms with Gasteiger partial charge in [-0.1, -0.05) is 13.8 Å². The summed E-state index contributed by atoms with van der Waals surface area (Å²) in [6, 6.07) is 3.00. The highest BCUT2D eigenvalue weighted by Crippen LogP contribution is 2.21. The van der Waals surface area contributed by atoms with Crippen molar-refractivity contribution in [3.05, 3.63) is 18.3 Å². The van der Waals surface area contributed by atoms with Gasteiger partial charge < -0.3 is 10.2 Å². The molecule has 1 aromatic rings. The van der Waals surface area contributed by atoms with Crippen molar-refractivity contribution < 1.29 is 13.2 Å². The van der Waals surface area contributed by atoms with E-state index in [0.29, 0.717) is 13.2 Å². The Morgan fingerprint density at radius 1 is 1.45 bits per heavy atom. The molecule has 0 spiro atoms. The number of methoxy groups -OCH3 is 1. The zero-order chi connectivity index (χ0) is 15.2. The van der Waals surface area contributed by atoms with E-state index in [-0.39, 0.29) is 16.1 Å². The lowest BCUT2D eigenvalue weighted by Gasteiger charge is -2.24. The van der Waals surface area contributed by atoms with Crippen molar-refractivity contribution in [3.8, 4) is 0 Å². The van der Waals surface area contributed by atoms with Gasteiger partial charge in [0.05, 0.1) is 0 Å². The van der Waals surface area contributed by atoms with Gasteiger partial charge in [0.15, 0.2) is 5.82 Å². The van der Waals surface area contributed by atoms with Gasteiger partial charge in [0.25, 0.3) is 0 Å². The molecule has 1 aromatic heterocycles. The van der Waals surface area contributed by atoms with Gasteiger partial charge >= 0.3 is 0 Å². The Kier molecular flexibility index (Phi) is 5.88. The molecule has 0 atom stereocenters. The Labute approximate surface area is 119 Å². The van der Waals surface area contributed by atoms with Crippen molar-refractivity contribution in [2.45, 2.75) is 25.2 Å². The molecule has 0 fully saturated rings. The quantitative estimate of drug-likeness (QED) is 0.482. The fourth-order valence-electron chi connectivity index (χ4n) is 1.55. The number of nitrogens with two attached hydrogens (primary N) is 1. The number of hydrogen-bond acceptors (Lipinski definition) is 6. The molecule has 0 aliphatic carbocycles. The molecule has 1 rings (SSSR count). The van der Waals surface area contributed by atoms with Crippen LogP contribution >= 0.6 is 0 Å². The zero-order valence-corrected chi connectivity index (χ0v) is 12.8. The SMILES string of the molecule is COCCC(C)(C)CNS(=O)(=O)c1cccnc1NN. The largest absolute Gasteiger partial charge is 0.385 e. The first-order valence-corrected chi connectivity index (χ1v) is 7.71. The molecule has 1 heterocycles. The second-order valence-corrected chi connectivity index (χ2v) is 6.96. The molecule has 0 unspecified atom stereocenters. The number of nitrogen functional groups attached to an aromatic ring is 1. The lowest BCUT2D eigenvalue weighted by Crippen LogP contribution is -2.35. The minimum Gasteiger partial charge on any atom is -0.385 e. The van der Waals surface area contributed by atoms with Crippen molar-refractivity contribution in [3.63, 3.8) is 0 Å². The second kappa shape index (κ2) is 6.98. The van der Waals surface area contributed by atoms with Gasteiger partial charge in [0.1, 0.15) is 4.90 Å². The molecule has 0 radical (unpaired) electrons. The highest BCUT2D eigenvalue weighted by molar-refractivity contribution is 7.89. The van der Waals surface area contributed by atoms with Gasteiger partial charge in [-0.15, -0.1) is 0 Å². The Bertz CT molecular complexity index is 531. The van der Waals surface area contributed by atoms with E-state index in [4.69, 9.17) is 10.6 Å². The number of hydrazine groups is 1. The Balaban J connectivity index is 2.80. The van der Waals surface area contributed by atoms with Crippen molar-refractivity contribution in [2.24, 2.45) is 11.3 Å². The number of hydrogen-bond donors (Lipinski definition) is 3. The first-order valence-electron chi connectivity index (χ1n) is 6.22. The summed E-state index contributed by atoms with van der Waals surface area (Å²) in [5.74, 6) is 5.39. The Hall–Kier alpha value is -1.22. The van der Waals surface area contributed by atoms with Crippen molar-refractivity contribution >= 4 is 15.8 Å². The number of anilines is 1. The number of pyridine rings is 1. The summed E-state index contributed by atoms with van der Waals surface area (Å²) in [7, 11) is -2.04. The molecule has 0 bridgehead atoms. The summed E-state index contributed by atoms with van der Waals surface area (Å²) in [4.78, 5) is 3.91. The topological polar surface area (TPSA) is 106 Å². The molecular weight excluding hydrogens is 280 g/mol. The molecule has 4 N–H and O–H groups in total. The molecule has 7 nitrogen and oxygen atoms in total. The third-order valence-corrected chi connectivity index (χ3v) is 4.35. The van der Waals surface area contributed by atoms with E-state index in [0.717, 1.165) is 6.42 Å². The average molecular weight is 302 g/mol. The predicted octanol–water partition coefficient (Wildman–Crippen LogP) is 0.708. The fraction of sp³-hybridized carbons (Fsp3) is 0.583. The van der Waals surface area contributed by atoms with Gasteiger partial charge in [-0.25, -0.2) is 24.0 Å². The first kappa shape index (κ1) is 16.8. The Morgan fingerprint density at radius 3 is 2.75 bits per heavy atom. The van der Waals surface area contributed by atoms with Gasteiger partial charge in [0, 0.05) is 26.5 Å². The van der Waals surface area contributed by atoms with Crippen LogP contribution < -0.4 is 16.0 Å². The first-order chi connectivity index (χ1) is 9.32. The highest BCUT2D eigenvalue weighted by atomic mass is 32.2. The van der Waals surface area contributed by atoms with Crippen LogP contribution in [0.5, 0.6) is 0 Å². The van der Waals surface area contributed by atoms with E-state index in [9.17, 15) is 8.42 Å². The smallest absolute Gasteiger partial charge is 0.244 e. The van der Waals surface area contributed by atoms with Gasteiger partial charge in [-0.05, 0) is 24.0 Å². The van der Waals surface area contributed by atoms with Crippen LogP contribution in [0.15, 0.2) is 23.2 Å². The van der Waals surface area contributed by atoms with E-state index in [2.05, 4.69) is 15.1 Å².